The molecule has 0 aliphatic heterocycles. The summed E-state index contributed by atoms with van der Waals surface area (Å²) in [6.45, 7) is 2.34. The van der Waals surface area contributed by atoms with Gasteiger partial charge in [-0.15, -0.1) is 0 Å². The number of nitrogens with zero attached hydrogens (tertiary/aromatic N) is 1. The van der Waals surface area contributed by atoms with Gasteiger partial charge < -0.3 is 20.5 Å². The normalized spacial score (nSPS) is 11.1. The van der Waals surface area contributed by atoms with Crippen LogP contribution in [0.15, 0.2) is 36.4 Å². The molecule has 0 atom stereocenters. The van der Waals surface area contributed by atoms with Gasteiger partial charge in [-0.2, -0.15) is 0 Å². The fraction of sp³-hybridized carbons (Fsp3) is 0.278. The minimum absolute atomic E-state index is 0.525. The third kappa shape index (κ3) is 3.53. The molecular formula is C18H20ClN3O2. The number of benzene rings is 2. The lowest BCUT2D eigenvalue weighted by Gasteiger charge is -2.14. The fourth-order valence-electron chi connectivity index (χ4n) is 2.65. The Morgan fingerprint density at radius 3 is 2.75 bits per heavy atom. The number of methoxy groups -OCH3 is 1. The summed E-state index contributed by atoms with van der Waals surface area (Å²) >= 11 is 6.12. The van der Waals surface area contributed by atoms with E-state index in [4.69, 9.17) is 31.8 Å². The van der Waals surface area contributed by atoms with E-state index in [1.54, 1.807) is 7.11 Å². The van der Waals surface area contributed by atoms with Gasteiger partial charge in [-0.3, -0.25) is 0 Å². The minimum atomic E-state index is 0.525. The second-order valence-corrected chi connectivity index (χ2v) is 5.80. The Bertz CT molecular complexity index is 854. The first-order chi connectivity index (χ1) is 11.7. The minimum Gasteiger partial charge on any atom is -0.497 e. The highest BCUT2D eigenvalue weighted by molar-refractivity contribution is 6.31. The van der Waals surface area contributed by atoms with E-state index in [1.807, 2.05) is 36.4 Å². The number of pyridine rings is 1. The van der Waals surface area contributed by atoms with Crippen LogP contribution in [0.5, 0.6) is 5.75 Å². The average molecular weight is 346 g/mol. The molecule has 0 amide bonds. The predicted octanol–water partition coefficient (Wildman–Crippen LogP) is 3.44. The number of halogens is 1. The maximum absolute atomic E-state index is 6.12. The summed E-state index contributed by atoms with van der Waals surface area (Å²) in [7, 11) is 1.66. The molecule has 0 unspecified atom stereocenters. The zero-order valence-electron chi connectivity index (χ0n) is 13.5. The molecule has 0 bridgehead atoms. The van der Waals surface area contributed by atoms with Crippen LogP contribution in [0.4, 0.5) is 5.69 Å². The summed E-state index contributed by atoms with van der Waals surface area (Å²) < 4.78 is 10.8. The van der Waals surface area contributed by atoms with E-state index in [2.05, 4.69) is 5.32 Å². The molecule has 0 saturated carbocycles. The van der Waals surface area contributed by atoms with Crippen LogP contribution in [-0.2, 0) is 4.74 Å². The van der Waals surface area contributed by atoms with Crippen molar-refractivity contribution in [3.05, 3.63) is 41.4 Å². The lowest BCUT2D eigenvalue weighted by molar-refractivity contribution is 0.152. The van der Waals surface area contributed by atoms with Gasteiger partial charge >= 0.3 is 0 Å². The molecule has 6 heteroatoms. The van der Waals surface area contributed by atoms with E-state index in [0.717, 1.165) is 33.2 Å². The molecule has 1 heterocycles. The molecule has 5 nitrogen and oxygen atoms in total. The van der Waals surface area contributed by atoms with Crippen LogP contribution in [0.3, 0.4) is 0 Å². The lowest BCUT2D eigenvalue weighted by atomic mass is 10.1. The maximum Gasteiger partial charge on any atom is 0.119 e. The molecule has 3 rings (SSSR count). The molecule has 3 N–H and O–H groups in total. The van der Waals surface area contributed by atoms with Gasteiger partial charge in [0.1, 0.15) is 5.75 Å². The Labute approximate surface area is 145 Å². The van der Waals surface area contributed by atoms with Crippen molar-refractivity contribution < 1.29 is 9.47 Å². The predicted molar refractivity (Wildman–Crippen MR) is 99.2 cm³/mol. The van der Waals surface area contributed by atoms with Gasteiger partial charge in [0.25, 0.3) is 0 Å². The number of rotatable bonds is 7. The standard InChI is InChI=1S/C18H20ClN3O2/c1-23-13-3-5-16-15(11-13)18(21-7-9-24-8-6-20)14-4-2-12(19)10-17(14)22-16/h2-5,10-11H,6-9,20H2,1H3,(H,21,22). The van der Waals surface area contributed by atoms with E-state index >= 15 is 0 Å². The molecule has 126 valence electrons. The van der Waals surface area contributed by atoms with E-state index < -0.39 is 0 Å². The highest BCUT2D eigenvalue weighted by Gasteiger charge is 2.10. The number of anilines is 1. The molecule has 0 aliphatic carbocycles. The largest absolute Gasteiger partial charge is 0.497 e. The first-order valence-corrected chi connectivity index (χ1v) is 8.19. The second kappa shape index (κ2) is 7.66. The SMILES string of the molecule is COc1ccc2nc3cc(Cl)ccc3c(NCCOCCN)c2c1. The Kier molecular flexibility index (Phi) is 5.35. The van der Waals surface area contributed by atoms with Crippen molar-refractivity contribution in [2.75, 3.05) is 38.7 Å². The molecule has 24 heavy (non-hydrogen) atoms. The fourth-order valence-corrected chi connectivity index (χ4v) is 2.81. The number of nitrogens with one attached hydrogen (secondary N) is 1. The Morgan fingerprint density at radius 2 is 1.96 bits per heavy atom. The molecular weight excluding hydrogens is 326 g/mol. The van der Waals surface area contributed by atoms with Crippen LogP contribution in [0.25, 0.3) is 21.8 Å². The molecule has 0 aliphatic rings. The van der Waals surface area contributed by atoms with Crippen molar-refractivity contribution in [2.24, 2.45) is 5.73 Å². The summed E-state index contributed by atoms with van der Waals surface area (Å²) in [5.74, 6) is 0.792. The Balaban J connectivity index is 2.05. The van der Waals surface area contributed by atoms with Crippen LogP contribution < -0.4 is 15.8 Å². The van der Waals surface area contributed by atoms with Gasteiger partial charge in [0.2, 0.25) is 0 Å². The monoisotopic (exact) mass is 345 g/mol. The van der Waals surface area contributed by atoms with Gasteiger partial charge in [0.15, 0.2) is 0 Å². The molecule has 0 radical (unpaired) electrons. The van der Waals surface area contributed by atoms with Crippen LogP contribution in [0.1, 0.15) is 0 Å². The van der Waals surface area contributed by atoms with Crippen LogP contribution in [0.2, 0.25) is 5.02 Å². The van der Waals surface area contributed by atoms with Crippen molar-refractivity contribution >= 4 is 39.1 Å². The summed E-state index contributed by atoms with van der Waals surface area (Å²) in [6, 6.07) is 11.6. The zero-order valence-corrected chi connectivity index (χ0v) is 14.3. The van der Waals surface area contributed by atoms with Gasteiger partial charge in [-0.05, 0) is 36.4 Å². The van der Waals surface area contributed by atoms with E-state index in [1.165, 1.54) is 0 Å². The number of aromatic nitrogens is 1. The second-order valence-electron chi connectivity index (χ2n) is 5.36. The molecule has 0 spiro atoms. The number of hydrogen-bond donors (Lipinski definition) is 2. The molecule has 0 saturated heterocycles. The molecule has 1 aromatic heterocycles. The van der Waals surface area contributed by atoms with Crippen molar-refractivity contribution in [3.8, 4) is 5.75 Å². The number of ether oxygens (including phenoxy) is 2. The third-order valence-electron chi connectivity index (χ3n) is 3.75. The maximum atomic E-state index is 6.12. The number of fused-ring (bicyclic) bond motifs is 2. The van der Waals surface area contributed by atoms with Crippen LogP contribution >= 0.6 is 11.6 Å². The third-order valence-corrected chi connectivity index (χ3v) is 3.99. The highest BCUT2D eigenvalue weighted by Crippen LogP contribution is 2.34. The Morgan fingerprint density at radius 1 is 1.08 bits per heavy atom. The van der Waals surface area contributed by atoms with Crippen molar-refractivity contribution in [3.63, 3.8) is 0 Å². The zero-order chi connectivity index (χ0) is 16.9. The number of nitrogens with two attached hydrogens (primary N) is 1. The first kappa shape index (κ1) is 16.8. The topological polar surface area (TPSA) is 69.4 Å². The van der Waals surface area contributed by atoms with E-state index in [0.29, 0.717) is 31.3 Å². The number of hydrogen-bond acceptors (Lipinski definition) is 5. The summed E-state index contributed by atoms with van der Waals surface area (Å²) in [5, 5.41) is 6.14. The van der Waals surface area contributed by atoms with E-state index in [9.17, 15) is 0 Å². The first-order valence-electron chi connectivity index (χ1n) is 7.81. The van der Waals surface area contributed by atoms with Gasteiger partial charge in [0.05, 0.1) is 37.0 Å². The smallest absolute Gasteiger partial charge is 0.119 e. The summed E-state index contributed by atoms with van der Waals surface area (Å²) in [4.78, 5) is 4.70. The lowest BCUT2D eigenvalue weighted by Crippen LogP contribution is -2.14. The van der Waals surface area contributed by atoms with Crippen molar-refractivity contribution in [1.82, 2.24) is 4.98 Å². The molecule has 3 aromatic rings. The highest BCUT2D eigenvalue weighted by atomic mass is 35.5. The summed E-state index contributed by atoms with van der Waals surface area (Å²) in [6.07, 6.45) is 0. The quantitative estimate of drug-likeness (QED) is 0.507. The van der Waals surface area contributed by atoms with Gasteiger partial charge in [-0.1, -0.05) is 11.6 Å². The Hall–Kier alpha value is -2.08. The van der Waals surface area contributed by atoms with Crippen LogP contribution in [-0.4, -0.2) is 38.4 Å². The van der Waals surface area contributed by atoms with Crippen molar-refractivity contribution in [2.45, 2.75) is 0 Å². The van der Waals surface area contributed by atoms with Crippen molar-refractivity contribution in [1.29, 1.82) is 0 Å². The average Bonchev–Trinajstić information content (AvgIpc) is 2.60. The summed E-state index contributed by atoms with van der Waals surface area (Å²) in [5.41, 5.74) is 8.18. The van der Waals surface area contributed by atoms with Crippen LogP contribution in [0, 0.1) is 0 Å². The van der Waals surface area contributed by atoms with E-state index in [-0.39, 0.29) is 0 Å². The molecule has 0 fully saturated rings. The molecule has 2 aromatic carbocycles. The van der Waals surface area contributed by atoms with Gasteiger partial charge in [0, 0.05) is 28.9 Å². The van der Waals surface area contributed by atoms with Gasteiger partial charge in [-0.25, -0.2) is 4.98 Å².